The van der Waals surface area contributed by atoms with E-state index in [2.05, 4.69) is 4.74 Å². The second-order valence-electron chi connectivity index (χ2n) is 5.61. The summed E-state index contributed by atoms with van der Waals surface area (Å²) < 4.78 is 40.4. The van der Waals surface area contributed by atoms with Crippen LogP contribution in [0.2, 0.25) is 0 Å². The molecule has 2 amide bonds. The molecule has 0 aromatic heterocycles. The van der Waals surface area contributed by atoms with E-state index >= 15 is 0 Å². The second kappa shape index (κ2) is 8.86. The van der Waals surface area contributed by atoms with Crippen molar-refractivity contribution in [2.24, 2.45) is 0 Å². The molecule has 0 aromatic rings. The largest absolute Gasteiger partial charge is 0.480 e. The average Bonchev–Trinajstić information content (AvgIpc) is 2.68. The summed E-state index contributed by atoms with van der Waals surface area (Å²) >= 11 is 0. The van der Waals surface area contributed by atoms with Crippen LogP contribution in [0.3, 0.4) is 0 Å². The molecule has 0 radical (unpaired) electrons. The zero-order valence-electron chi connectivity index (χ0n) is 13.3. The number of hydrogen-bond donors (Lipinski definition) is 1. The molecule has 1 N–H and O–H groups in total. The Balaban J connectivity index is 2.53. The third kappa shape index (κ3) is 7.16. The van der Waals surface area contributed by atoms with Crippen LogP contribution in [0, 0.1) is 0 Å². The number of carboxylic acids is 1. The van der Waals surface area contributed by atoms with E-state index in [9.17, 15) is 27.6 Å². The Hall–Kier alpha value is -1.84. The van der Waals surface area contributed by atoms with Crippen molar-refractivity contribution in [1.82, 2.24) is 9.80 Å². The van der Waals surface area contributed by atoms with Crippen LogP contribution in [0.25, 0.3) is 0 Å². The molecule has 1 saturated heterocycles. The monoisotopic (exact) mass is 354 g/mol. The molecule has 0 saturated carbocycles. The van der Waals surface area contributed by atoms with Gasteiger partial charge in [-0.1, -0.05) is 0 Å². The molecule has 1 heterocycles. The number of carbonyl (C=O) groups is 3. The average molecular weight is 354 g/mol. The van der Waals surface area contributed by atoms with Crippen LogP contribution in [0.5, 0.6) is 0 Å². The molecule has 10 heteroatoms. The van der Waals surface area contributed by atoms with Gasteiger partial charge < -0.3 is 19.6 Å². The highest BCUT2D eigenvalue weighted by Gasteiger charge is 2.30. The van der Waals surface area contributed by atoms with Crippen LogP contribution in [0.15, 0.2) is 0 Å². The zero-order valence-corrected chi connectivity index (χ0v) is 13.3. The number of aliphatic carboxylic acids is 1. The van der Waals surface area contributed by atoms with Crippen LogP contribution in [0.1, 0.15) is 26.2 Å². The van der Waals surface area contributed by atoms with Gasteiger partial charge in [0, 0.05) is 26.1 Å². The van der Waals surface area contributed by atoms with Gasteiger partial charge in [-0.2, -0.15) is 13.2 Å². The van der Waals surface area contributed by atoms with Crippen molar-refractivity contribution >= 4 is 17.8 Å². The number of nitrogens with zero attached hydrogens (tertiary/aromatic N) is 2. The normalized spacial score (nSPS) is 18.8. The summed E-state index contributed by atoms with van der Waals surface area (Å²) in [6, 6.07) is -0.313. The molecule has 0 aromatic carbocycles. The van der Waals surface area contributed by atoms with Crippen LogP contribution in [-0.2, 0) is 19.1 Å². The highest BCUT2D eigenvalue weighted by molar-refractivity contribution is 5.80. The lowest BCUT2D eigenvalue weighted by molar-refractivity contribution is -0.177. The van der Waals surface area contributed by atoms with E-state index < -0.39 is 37.8 Å². The van der Waals surface area contributed by atoms with E-state index in [1.54, 1.807) is 0 Å². The molecule has 1 aliphatic heterocycles. The first-order valence-corrected chi connectivity index (χ1v) is 7.51. The lowest BCUT2D eigenvalue weighted by Gasteiger charge is -2.28. The van der Waals surface area contributed by atoms with Crippen molar-refractivity contribution < 1.29 is 37.4 Å². The van der Waals surface area contributed by atoms with E-state index in [1.165, 1.54) is 16.7 Å². The fourth-order valence-corrected chi connectivity index (χ4v) is 2.63. The van der Waals surface area contributed by atoms with Crippen molar-refractivity contribution in [3.8, 4) is 0 Å². The molecule has 1 rings (SSSR count). The van der Waals surface area contributed by atoms with E-state index in [0.29, 0.717) is 25.8 Å². The van der Waals surface area contributed by atoms with Crippen LogP contribution in [0.4, 0.5) is 13.2 Å². The minimum absolute atomic E-state index is 0.238. The summed E-state index contributed by atoms with van der Waals surface area (Å²) in [6.45, 7) is -0.697. The quantitative estimate of drug-likeness (QED) is 0.765. The topological polar surface area (TPSA) is 87.2 Å². The summed E-state index contributed by atoms with van der Waals surface area (Å²) in [7, 11) is 0. The minimum atomic E-state index is -4.48. The SMILES string of the molecule is CC(=O)N(CC(=O)O)C1CCCN(C(=O)COCC(F)(F)F)CC1. The van der Waals surface area contributed by atoms with E-state index in [-0.39, 0.29) is 18.5 Å². The number of rotatable bonds is 6. The maximum absolute atomic E-state index is 12.0. The Labute approximate surface area is 137 Å². The summed E-state index contributed by atoms with van der Waals surface area (Å²) in [4.78, 5) is 37.0. The van der Waals surface area contributed by atoms with Gasteiger partial charge in [-0.3, -0.25) is 14.4 Å². The molecule has 1 fully saturated rings. The molecule has 0 bridgehead atoms. The molecule has 7 nitrogen and oxygen atoms in total. The molecular formula is C14H21F3N2O5. The van der Waals surface area contributed by atoms with Crippen LogP contribution >= 0.6 is 0 Å². The lowest BCUT2D eigenvalue weighted by atomic mass is 10.1. The first-order chi connectivity index (χ1) is 11.1. The number of likely N-dealkylation sites (tertiary alicyclic amines) is 1. The number of carboxylic acid groups (broad SMARTS) is 1. The Morgan fingerprint density at radius 3 is 2.46 bits per heavy atom. The zero-order chi connectivity index (χ0) is 18.3. The number of amides is 2. The summed E-state index contributed by atoms with van der Waals surface area (Å²) in [5.41, 5.74) is 0. The summed E-state index contributed by atoms with van der Waals surface area (Å²) in [6.07, 6.45) is -3.06. The number of ether oxygens (including phenoxy) is 1. The first-order valence-electron chi connectivity index (χ1n) is 7.51. The molecule has 138 valence electrons. The standard InChI is InChI=1S/C14H21F3N2O5/c1-10(20)19(7-13(22)23)11-3-2-5-18(6-4-11)12(21)8-24-9-14(15,16)17/h11H,2-9H2,1H3,(H,22,23). The Morgan fingerprint density at radius 1 is 1.25 bits per heavy atom. The number of halogens is 3. The van der Waals surface area contributed by atoms with E-state index in [4.69, 9.17) is 5.11 Å². The molecule has 24 heavy (non-hydrogen) atoms. The van der Waals surface area contributed by atoms with Crippen molar-refractivity contribution in [2.75, 3.05) is 32.8 Å². The molecule has 1 aliphatic rings. The molecular weight excluding hydrogens is 333 g/mol. The van der Waals surface area contributed by atoms with Gasteiger partial charge in [-0.15, -0.1) is 0 Å². The van der Waals surface area contributed by atoms with Gasteiger partial charge in [0.25, 0.3) is 0 Å². The predicted molar refractivity (Wildman–Crippen MR) is 76.1 cm³/mol. The maximum atomic E-state index is 12.0. The van der Waals surface area contributed by atoms with Gasteiger partial charge in [-0.25, -0.2) is 0 Å². The van der Waals surface area contributed by atoms with Gasteiger partial charge in [0.05, 0.1) is 0 Å². The van der Waals surface area contributed by atoms with Crippen LogP contribution in [-0.4, -0.2) is 77.8 Å². The van der Waals surface area contributed by atoms with E-state index in [1.807, 2.05) is 0 Å². The van der Waals surface area contributed by atoms with Crippen LogP contribution < -0.4 is 0 Å². The number of carbonyl (C=O) groups excluding carboxylic acids is 2. The van der Waals surface area contributed by atoms with Crippen molar-refractivity contribution in [2.45, 2.75) is 38.4 Å². The summed E-state index contributed by atoms with van der Waals surface area (Å²) in [5.74, 6) is -2.04. The fourth-order valence-electron chi connectivity index (χ4n) is 2.63. The maximum Gasteiger partial charge on any atom is 0.411 e. The molecule has 1 atom stereocenters. The first kappa shape index (κ1) is 20.2. The smallest absolute Gasteiger partial charge is 0.411 e. The minimum Gasteiger partial charge on any atom is -0.480 e. The summed E-state index contributed by atoms with van der Waals surface area (Å²) in [5, 5.41) is 8.87. The van der Waals surface area contributed by atoms with E-state index in [0.717, 1.165) is 0 Å². The fraction of sp³-hybridized carbons (Fsp3) is 0.786. The van der Waals surface area contributed by atoms with Gasteiger partial charge in [0.15, 0.2) is 0 Å². The van der Waals surface area contributed by atoms with Crippen molar-refractivity contribution in [3.63, 3.8) is 0 Å². The van der Waals surface area contributed by atoms with Gasteiger partial charge in [-0.05, 0) is 19.3 Å². The predicted octanol–water partition coefficient (Wildman–Crippen LogP) is 0.879. The van der Waals surface area contributed by atoms with Crippen molar-refractivity contribution in [3.05, 3.63) is 0 Å². The second-order valence-corrected chi connectivity index (χ2v) is 5.61. The van der Waals surface area contributed by atoms with Gasteiger partial charge in [0.2, 0.25) is 11.8 Å². The third-order valence-corrected chi connectivity index (χ3v) is 3.69. The van der Waals surface area contributed by atoms with Gasteiger partial charge in [0.1, 0.15) is 19.8 Å². The third-order valence-electron chi connectivity index (χ3n) is 3.69. The highest BCUT2D eigenvalue weighted by Crippen LogP contribution is 2.18. The number of hydrogen-bond acceptors (Lipinski definition) is 4. The molecule has 1 unspecified atom stereocenters. The van der Waals surface area contributed by atoms with Crippen molar-refractivity contribution in [1.29, 1.82) is 0 Å². The number of alkyl halides is 3. The Morgan fingerprint density at radius 2 is 1.92 bits per heavy atom. The Bertz CT molecular complexity index is 470. The molecule has 0 spiro atoms. The Kier molecular flexibility index (Phi) is 7.46. The highest BCUT2D eigenvalue weighted by atomic mass is 19.4. The lowest BCUT2D eigenvalue weighted by Crippen LogP contribution is -2.43. The van der Waals surface area contributed by atoms with Gasteiger partial charge >= 0.3 is 12.1 Å². The molecule has 0 aliphatic carbocycles.